The molecule has 1 aromatic carbocycles. The van der Waals surface area contributed by atoms with Gasteiger partial charge in [-0.1, -0.05) is 17.7 Å². The van der Waals surface area contributed by atoms with Crippen LogP contribution in [0.4, 0.5) is 0 Å². The van der Waals surface area contributed by atoms with Crippen LogP contribution < -0.4 is 5.73 Å². The van der Waals surface area contributed by atoms with Gasteiger partial charge in [0.25, 0.3) is 0 Å². The van der Waals surface area contributed by atoms with Crippen molar-refractivity contribution >= 4 is 27.5 Å². The van der Waals surface area contributed by atoms with Crippen LogP contribution in [0.15, 0.2) is 16.6 Å². The lowest BCUT2D eigenvalue weighted by atomic mass is 9.89. The van der Waals surface area contributed by atoms with Gasteiger partial charge in [0.1, 0.15) is 0 Å². The highest BCUT2D eigenvalue weighted by molar-refractivity contribution is 9.10. The Bertz CT molecular complexity index is 338. The van der Waals surface area contributed by atoms with E-state index in [0.29, 0.717) is 6.04 Å². The Balaban J connectivity index is 2.47. The maximum atomic E-state index is 6.00. The first-order valence-electron chi connectivity index (χ1n) is 4.40. The van der Waals surface area contributed by atoms with Crippen LogP contribution in [-0.4, -0.2) is 6.04 Å². The summed E-state index contributed by atoms with van der Waals surface area (Å²) in [5.74, 6) is 0. The fourth-order valence-corrected chi connectivity index (χ4v) is 2.57. The molecule has 0 heterocycles. The highest BCUT2D eigenvalue weighted by Crippen LogP contribution is 2.33. The Labute approximate surface area is 91.4 Å². The van der Waals surface area contributed by atoms with Gasteiger partial charge in [-0.05, 0) is 52.4 Å². The van der Waals surface area contributed by atoms with Crippen molar-refractivity contribution < 1.29 is 0 Å². The van der Waals surface area contributed by atoms with E-state index >= 15 is 0 Å². The van der Waals surface area contributed by atoms with Crippen molar-refractivity contribution in [3.63, 3.8) is 0 Å². The first kappa shape index (κ1) is 9.50. The van der Waals surface area contributed by atoms with Crippen molar-refractivity contribution in [2.45, 2.75) is 25.3 Å². The van der Waals surface area contributed by atoms with Gasteiger partial charge in [-0.2, -0.15) is 0 Å². The zero-order valence-electron chi connectivity index (χ0n) is 7.19. The van der Waals surface area contributed by atoms with Gasteiger partial charge in [-0.3, -0.25) is 0 Å². The predicted molar refractivity (Wildman–Crippen MR) is 59.2 cm³/mol. The number of benzene rings is 1. The van der Waals surface area contributed by atoms with Gasteiger partial charge in [0, 0.05) is 10.5 Å². The van der Waals surface area contributed by atoms with Crippen molar-refractivity contribution in [1.82, 2.24) is 0 Å². The minimum Gasteiger partial charge on any atom is -0.327 e. The van der Waals surface area contributed by atoms with Crippen LogP contribution in [0.3, 0.4) is 0 Å². The van der Waals surface area contributed by atoms with Crippen LogP contribution in [-0.2, 0) is 12.8 Å². The average molecular weight is 261 g/mol. The lowest BCUT2D eigenvalue weighted by Gasteiger charge is -2.22. The maximum absolute atomic E-state index is 6.00. The van der Waals surface area contributed by atoms with Crippen LogP contribution in [0.5, 0.6) is 0 Å². The molecular formula is C10H11BrClN. The Morgan fingerprint density at radius 2 is 2.23 bits per heavy atom. The molecule has 70 valence electrons. The number of hydrogen-bond acceptors (Lipinski definition) is 1. The highest BCUT2D eigenvalue weighted by Gasteiger charge is 2.18. The molecule has 2 rings (SSSR count). The van der Waals surface area contributed by atoms with Crippen LogP contribution in [0.2, 0.25) is 5.02 Å². The molecule has 0 bridgehead atoms. The molecule has 0 radical (unpaired) electrons. The summed E-state index contributed by atoms with van der Waals surface area (Å²) in [6.45, 7) is 0. The summed E-state index contributed by atoms with van der Waals surface area (Å²) in [5.41, 5.74) is 8.57. The number of nitrogens with two attached hydrogens (primary N) is 1. The molecule has 0 fully saturated rings. The van der Waals surface area contributed by atoms with E-state index in [-0.39, 0.29) is 0 Å². The quantitative estimate of drug-likeness (QED) is 0.763. The molecular weight excluding hydrogens is 249 g/mol. The third-order valence-electron chi connectivity index (χ3n) is 2.54. The summed E-state index contributed by atoms with van der Waals surface area (Å²) >= 11 is 9.52. The Hall–Kier alpha value is -0.0500. The van der Waals surface area contributed by atoms with E-state index in [0.717, 1.165) is 28.8 Å². The fourth-order valence-electron chi connectivity index (χ4n) is 1.81. The van der Waals surface area contributed by atoms with Gasteiger partial charge in [0.2, 0.25) is 0 Å². The second kappa shape index (κ2) is 3.60. The number of fused-ring (bicyclic) bond motifs is 1. The Morgan fingerprint density at radius 1 is 1.46 bits per heavy atom. The summed E-state index contributed by atoms with van der Waals surface area (Å²) in [5, 5.41) is 0.800. The van der Waals surface area contributed by atoms with Crippen LogP contribution >= 0.6 is 27.5 Å². The van der Waals surface area contributed by atoms with Crippen molar-refractivity contribution in [3.05, 3.63) is 32.8 Å². The SMILES string of the molecule is NC1CCc2c(ccc(Cl)c2Br)C1. The third-order valence-corrected chi connectivity index (χ3v) is 3.99. The molecule has 2 N–H and O–H groups in total. The summed E-state index contributed by atoms with van der Waals surface area (Å²) in [7, 11) is 0. The first-order chi connectivity index (χ1) is 6.18. The van der Waals surface area contributed by atoms with E-state index in [1.165, 1.54) is 11.1 Å². The van der Waals surface area contributed by atoms with Crippen molar-refractivity contribution in [2.75, 3.05) is 0 Å². The molecule has 0 amide bonds. The first-order valence-corrected chi connectivity index (χ1v) is 5.57. The van der Waals surface area contributed by atoms with Crippen molar-refractivity contribution in [3.8, 4) is 0 Å². The summed E-state index contributed by atoms with van der Waals surface area (Å²) in [6, 6.07) is 4.34. The average Bonchev–Trinajstić information content (AvgIpc) is 2.12. The number of rotatable bonds is 0. The zero-order valence-corrected chi connectivity index (χ0v) is 9.53. The molecule has 1 aliphatic rings. The topological polar surface area (TPSA) is 26.0 Å². The zero-order chi connectivity index (χ0) is 9.42. The van der Waals surface area contributed by atoms with E-state index < -0.39 is 0 Å². The molecule has 0 saturated carbocycles. The van der Waals surface area contributed by atoms with E-state index in [1.807, 2.05) is 6.07 Å². The van der Waals surface area contributed by atoms with E-state index in [4.69, 9.17) is 17.3 Å². The minimum atomic E-state index is 0.320. The summed E-state index contributed by atoms with van der Waals surface area (Å²) < 4.78 is 1.05. The summed E-state index contributed by atoms with van der Waals surface area (Å²) in [6.07, 6.45) is 3.08. The van der Waals surface area contributed by atoms with Crippen molar-refractivity contribution in [2.24, 2.45) is 5.73 Å². The number of hydrogen-bond donors (Lipinski definition) is 1. The van der Waals surface area contributed by atoms with Gasteiger partial charge < -0.3 is 5.73 Å². The fraction of sp³-hybridized carbons (Fsp3) is 0.400. The van der Waals surface area contributed by atoms with E-state index in [9.17, 15) is 0 Å². The largest absolute Gasteiger partial charge is 0.327 e. The molecule has 1 nitrogen and oxygen atoms in total. The highest BCUT2D eigenvalue weighted by atomic mass is 79.9. The molecule has 0 aliphatic heterocycles. The standard InChI is InChI=1S/C10H11BrClN/c11-10-8-3-2-7(13)5-6(8)1-4-9(10)12/h1,4,7H,2-3,5,13H2. The van der Waals surface area contributed by atoms with Crippen molar-refractivity contribution in [1.29, 1.82) is 0 Å². The lowest BCUT2D eigenvalue weighted by molar-refractivity contribution is 0.575. The second-order valence-electron chi connectivity index (χ2n) is 3.50. The normalized spacial score (nSPS) is 21.3. The molecule has 13 heavy (non-hydrogen) atoms. The molecule has 1 atom stereocenters. The van der Waals surface area contributed by atoms with Gasteiger partial charge in [-0.25, -0.2) is 0 Å². The molecule has 0 aromatic heterocycles. The summed E-state index contributed by atoms with van der Waals surface area (Å²) in [4.78, 5) is 0. The molecule has 3 heteroatoms. The monoisotopic (exact) mass is 259 g/mol. The second-order valence-corrected chi connectivity index (χ2v) is 4.70. The van der Waals surface area contributed by atoms with Crippen LogP contribution in [0.25, 0.3) is 0 Å². The molecule has 1 unspecified atom stereocenters. The smallest absolute Gasteiger partial charge is 0.0551 e. The van der Waals surface area contributed by atoms with Gasteiger partial charge in [0.05, 0.1) is 5.02 Å². The lowest BCUT2D eigenvalue weighted by Crippen LogP contribution is -2.27. The van der Waals surface area contributed by atoms with Gasteiger partial charge in [-0.15, -0.1) is 0 Å². The molecule has 1 aliphatic carbocycles. The third kappa shape index (κ3) is 1.76. The van der Waals surface area contributed by atoms with Gasteiger partial charge >= 0.3 is 0 Å². The van der Waals surface area contributed by atoms with Gasteiger partial charge in [0.15, 0.2) is 0 Å². The van der Waals surface area contributed by atoms with E-state index in [2.05, 4.69) is 22.0 Å². The number of halogens is 2. The van der Waals surface area contributed by atoms with E-state index in [1.54, 1.807) is 0 Å². The van der Waals surface area contributed by atoms with Crippen LogP contribution in [0.1, 0.15) is 17.5 Å². The Morgan fingerprint density at radius 3 is 3.00 bits per heavy atom. The molecule has 0 saturated heterocycles. The minimum absolute atomic E-state index is 0.320. The maximum Gasteiger partial charge on any atom is 0.0551 e. The predicted octanol–water partition coefficient (Wildman–Crippen LogP) is 2.92. The molecule has 0 spiro atoms. The Kier molecular flexibility index (Phi) is 2.63. The molecule has 1 aromatic rings. The van der Waals surface area contributed by atoms with Crippen LogP contribution in [0, 0.1) is 0 Å².